The molecular weight excluding hydrogens is 200 g/mol. The first-order chi connectivity index (χ1) is 6.76. The molecule has 76 valence electrons. The first-order valence-electron chi connectivity index (χ1n) is 4.10. The molecule has 0 saturated carbocycles. The second-order valence-electron chi connectivity index (χ2n) is 2.58. The highest BCUT2D eigenvalue weighted by Gasteiger charge is 2.02. The van der Waals surface area contributed by atoms with Gasteiger partial charge in [-0.1, -0.05) is 0 Å². The maximum absolute atomic E-state index is 11.0. The third kappa shape index (κ3) is 3.40. The Bertz CT molecular complexity index is 295. The van der Waals surface area contributed by atoms with Gasteiger partial charge in [0, 0.05) is 12.0 Å². The molecule has 3 nitrogen and oxygen atoms in total. The summed E-state index contributed by atoms with van der Waals surface area (Å²) in [5.41, 5.74) is 0. The minimum absolute atomic E-state index is 0.0235. The first-order valence-corrected chi connectivity index (χ1v) is 5.32. The SMILES string of the molecule is COCC(=O)Oc1ccc(SC)cc1. The molecule has 0 aliphatic heterocycles. The maximum atomic E-state index is 11.0. The Morgan fingerprint density at radius 3 is 2.50 bits per heavy atom. The lowest BCUT2D eigenvalue weighted by atomic mass is 10.3. The van der Waals surface area contributed by atoms with Crippen LogP contribution in [0, 0.1) is 0 Å². The minimum Gasteiger partial charge on any atom is -0.425 e. The smallest absolute Gasteiger partial charge is 0.337 e. The van der Waals surface area contributed by atoms with E-state index >= 15 is 0 Å². The van der Waals surface area contributed by atoms with Crippen molar-refractivity contribution in [3.63, 3.8) is 0 Å². The average molecular weight is 212 g/mol. The fraction of sp³-hybridized carbons (Fsp3) is 0.300. The Morgan fingerprint density at radius 2 is 2.00 bits per heavy atom. The van der Waals surface area contributed by atoms with Crippen molar-refractivity contribution in [2.75, 3.05) is 20.0 Å². The summed E-state index contributed by atoms with van der Waals surface area (Å²) in [7, 11) is 1.46. The van der Waals surface area contributed by atoms with Crippen molar-refractivity contribution in [2.24, 2.45) is 0 Å². The van der Waals surface area contributed by atoms with Gasteiger partial charge in [0.05, 0.1) is 0 Å². The van der Waals surface area contributed by atoms with Crippen LogP contribution in [0.15, 0.2) is 29.2 Å². The highest BCUT2D eigenvalue weighted by Crippen LogP contribution is 2.18. The fourth-order valence-electron chi connectivity index (χ4n) is 0.923. The number of thioether (sulfide) groups is 1. The lowest BCUT2D eigenvalue weighted by Gasteiger charge is -2.03. The molecule has 1 aromatic carbocycles. The van der Waals surface area contributed by atoms with Crippen LogP contribution in [-0.2, 0) is 9.53 Å². The van der Waals surface area contributed by atoms with Crippen molar-refractivity contribution in [1.82, 2.24) is 0 Å². The summed E-state index contributed by atoms with van der Waals surface area (Å²) in [5.74, 6) is 0.161. The number of rotatable bonds is 4. The zero-order valence-corrected chi connectivity index (χ0v) is 8.97. The van der Waals surface area contributed by atoms with E-state index in [0.29, 0.717) is 5.75 Å². The molecule has 0 amide bonds. The highest BCUT2D eigenvalue weighted by atomic mass is 32.2. The topological polar surface area (TPSA) is 35.5 Å². The molecule has 0 heterocycles. The van der Waals surface area contributed by atoms with Crippen molar-refractivity contribution in [3.8, 4) is 5.75 Å². The van der Waals surface area contributed by atoms with E-state index in [2.05, 4.69) is 4.74 Å². The number of ether oxygens (including phenoxy) is 2. The molecule has 0 aliphatic rings. The lowest BCUT2D eigenvalue weighted by molar-refractivity contribution is -0.138. The largest absolute Gasteiger partial charge is 0.425 e. The second-order valence-corrected chi connectivity index (χ2v) is 3.46. The molecule has 0 aliphatic carbocycles. The van der Waals surface area contributed by atoms with Crippen LogP contribution in [-0.4, -0.2) is 25.9 Å². The number of hydrogen-bond donors (Lipinski definition) is 0. The maximum Gasteiger partial charge on any atom is 0.337 e. The third-order valence-corrected chi connectivity index (χ3v) is 2.30. The number of carbonyl (C=O) groups is 1. The molecule has 0 unspecified atom stereocenters. The van der Waals surface area contributed by atoms with Crippen molar-refractivity contribution >= 4 is 17.7 Å². The molecule has 0 bridgehead atoms. The van der Waals surface area contributed by atoms with Crippen molar-refractivity contribution in [1.29, 1.82) is 0 Å². The van der Waals surface area contributed by atoms with Gasteiger partial charge in [-0.05, 0) is 30.5 Å². The van der Waals surface area contributed by atoms with E-state index in [-0.39, 0.29) is 12.6 Å². The predicted octanol–water partition coefficient (Wildman–Crippen LogP) is 1.96. The van der Waals surface area contributed by atoms with Gasteiger partial charge in [-0.3, -0.25) is 0 Å². The van der Waals surface area contributed by atoms with Gasteiger partial charge < -0.3 is 9.47 Å². The Labute approximate surface area is 87.4 Å². The second kappa shape index (κ2) is 5.67. The van der Waals surface area contributed by atoms with Crippen LogP contribution in [0.2, 0.25) is 0 Å². The standard InChI is InChI=1S/C10H12O3S/c1-12-7-10(11)13-8-3-5-9(14-2)6-4-8/h3-6H,7H2,1-2H3. The number of carbonyl (C=O) groups excluding carboxylic acids is 1. The van der Waals surface area contributed by atoms with Crippen molar-refractivity contribution in [2.45, 2.75) is 4.90 Å². The van der Waals surface area contributed by atoms with Crippen LogP contribution in [0.5, 0.6) is 5.75 Å². The molecule has 1 rings (SSSR count). The summed E-state index contributed by atoms with van der Waals surface area (Å²) >= 11 is 1.64. The molecule has 0 radical (unpaired) electrons. The summed E-state index contributed by atoms with van der Waals surface area (Å²) in [6.45, 7) is -0.0235. The van der Waals surface area contributed by atoms with E-state index in [1.165, 1.54) is 7.11 Å². The van der Waals surface area contributed by atoms with Crippen LogP contribution in [0.1, 0.15) is 0 Å². The summed E-state index contributed by atoms with van der Waals surface area (Å²) in [4.78, 5) is 12.2. The number of esters is 1. The normalized spacial score (nSPS) is 9.86. The zero-order chi connectivity index (χ0) is 10.4. The Hall–Kier alpha value is -1.00. The van der Waals surface area contributed by atoms with Gasteiger partial charge >= 0.3 is 5.97 Å². The molecule has 0 spiro atoms. The highest BCUT2D eigenvalue weighted by molar-refractivity contribution is 7.98. The van der Waals surface area contributed by atoms with Gasteiger partial charge in [-0.15, -0.1) is 11.8 Å². The van der Waals surface area contributed by atoms with Crippen LogP contribution in [0.3, 0.4) is 0 Å². The zero-order valence-electron chi connectivity index (χ0n) is 8.15. The lowest BCUT2D eigenvalue weighted by Crippen LogP contribution is -2.13. The monoisotopic (exact) mass is 212 g/mol. The molecule has 0 N–H and O–H groups in total. The van der Waals surface area contributed by atoms with Crippen LogP contribution in [0.4, 0.5) is 0 Å². The number of methoxy groups -OCH3 is 1. The third-order valence-electron chi connectivity index (χ3n) is 1.55. The number of hydrogen-bond acceptors (Lipinski definition) is 4. The quantitative estimate of drug-likeness (QED) is 0.434. The van der Waals surface area contributed by atoms with E-state index in [1.807, 2.05) is 18.4 Å². The van der Waals surface area contributed by atoms with E-state index in [9.17, 15) is 4.79 Å². The molecule has 14 heavy (non-hydrogen) atoms. The minimum atomic E-state index is -0.385. The van der Waals surface area contributed by atoms with E-state index in [1.54, 1.807) is 23.9 Å². The van der Waals surface area contributed by atoms with E-state index in [0.717, 1.165) is 4.90 Å². The molecule has 0 saturated heterocycles. The van der Waals surface area contributed by atoms with E-state index < -0.39 is 0 Å². The van der Waals surface area contributed by atoms with Crippen LogP contribution < -0.4 is 4.74 Å². The molecule has 1 aromatic rings. The van der Waals surface area contributed by atoms with Gasteiger partial charge in [0.15, 0.2) is 0 Å². The van der Waals surface area contributed by atoms with Crippen molar-refractivity contribution < 1.29 is 14.3 Å². The Morgan fingerprint density at radius 1 is 1.36 bits per heavy atom. The molecule has 4 heteroatoms. The summed E-state index contributed by atoms with van der Waals surface area (Å²) in [6, 6.07) is 7.33. The molecular formula is C10H12O3S. The van der Waals surface area contributed by atoms with Gasteiger partial charge in [-0.2, -0.15) is 0 Å². The van der Waals surface area contributed by atoms with Crippen LogP contribution >= 0.6 is 11.8 Å². The molecule has 0 fully saturated rings. The van der Waals surface area contributed by atoms with Gasteiger partial charge in [0.25, 0.3) is 0 Å². The molecule has 0 aromatic heterocycles. The summed E-state index contributed by atoms with van der Waals surface area (Å²) < 4.78 is 9.62. The fourth-order valence-corrected chi connectivity index (χ4v) is 1.33. The van der Waals surface area contributed by atoms with Crippen LogP contribution in [0.25, 0.3) is 0 Å². The summed E-state index contributed by atoms with van der Waals surface area (Å²) in [5, 5.41) is 0. The van der Waals surface area contributed by atoms with Gasteiger partial charge in [-0.25, -0.2) is 4.79 Å². The predicted molar refractivity (Wildman–Crippen MR) is 55.7 cm³/mol. The Kier molecular flexibility index (Phi) is 4.49. The molecule has 0 atom stereocenters. The average Bonchev–Trinajstić information content (AvgIpc) is 2.19. The first kappa shape index (κ1) is 11.1. The Balaban J connectivity index is 2.55. The van der Waals surface area contributed by atoms with E-state index in [4.69, 9.17) is 4.74 Å². The van der Waals surface area contributed by atoms with Gasteiger partial charge in [0.2, 0.25) is 0 Å². The van der Waals surface area contributed by atoms with Gasteiger partial charge in [0.1, 0.15) is 12.4 Å². The number of benzene rings is 1. The summed E-state index contributed by atoms with van der Waals surface area (Å²) in [6.07, 6.45) is 1.99. The van der Waals surface area contributed by atoms with Crippen molar-refractivity contribution in [3.05, 3.63) is 24.3 Å².